The predicted octanol–water partition coefficient (Wildman–Crippen LogP) is -0.348. The van der Waals surface area contributed by atoms with Gasteiger partial charge in [-0.2, -0.15) is 0 Å². The van der Waals surface area contributed by atoms with Crippen molar-refractivity contribution in [3.8, 4) is 0 Å². The maximum Gasteiger partial charge on any atom is 0.316 e. The zero-order valence-electron chi connectivity index (χ0n) is 10.3. The van der Waals surface area contributed by atoms with E-state index in [1.165, 1.54) is 20.1 Å². The van der Waals surface area contributed by atoms with Crippen LogP contribution >= 0.6 is 0 Å². The Morgan fingerprint density at radius 1 is 1.39 bits per heavy atom. The molecular weight excluding hydrogens is 236 g/mol. The van der Waals surface area contributed by atoms with Gasteiger partial charge in [-0.05, 0) is 13.0 Å². The number of methoxy groups -OCH3 is 1. The lowest BCUT2D eigenvalue weighted by atomic mass is 9.88. The van der Waals surface area contributed by atoms with Gasteiger partial charge in [0, 0.05) is 0 Å². The van der Waals surface area contributed by atoms with Gasteiger partial charge in [0.25, 0.3) is 0 Å². The fourth-order valence-corrected chi connectivity index (χ4v) is 1.68. The minimum atomic E-state index is -1.37. The topological polar surface area (TPSA) is 98.5 Å². The average molecular weight is 252 g/mol. The number of carbonyl (C=O) groups is 3. The fourth-order valence-electron chi connectivity index (χ4n) is 1.68. The van der Waals surface area contributed by atoms with Crippen LogP contribution in [0.3, 0.4) is 0 Å². The van der Waals surface area contributed by atoms with Gasteiger partial charge < -0.3 is 15.8 Å². The number of Topliss-reactive ketones (excluding diaryl/α,β-unsaturated/α-hetero) is 1. The van der Waals surface area contributed by atoms with E-state index in [1.807, 2.05) is 0 Å². The van der Waals surface area contributed by atoms with Crippen LogP contribution in [-0.4, -0.2) is 30.4 Å². The van der Waals surface area contributed by atoms with E-state index in [9.17, 15) is 14.4 Å². The van der Waals surface area contributed by atoms with Gasteiger partial charge in [0.2, 0.25) is 5.91 Å². The van der Waals surface area contributed by atoms with E-state index in [0.717, 1.165) is 0 Å². The highest BCUT2D eigenvalue weighted by molar-refractivity contribution is 5.97. The van der Waals surface area contributed by atoms with E-state index in [1.54, 1.807) is 18.2 Å². The van der Waals surface area contributed by atoms with Crippen molar-refractivity contribution in [1.29, 1.82) is 0 Å². The fraction of sp³-hybridized carbons (Fsp3) is 0.417. The molecule has 2 unspecified atom stereocenters. The van der Waals surface area contributed by atoms with Crippen LogP contribution in [0.2, 0.25) is 0 Å². The normalized spacial score (nSPS) is 25.6. The Morgan fingerprint density at radius 3 is 2.61 bits per heavy atom. The van der Waals surface area contributed by atoms with E-state index in [0.29, 0.717) is 0 Å². The molecule has 0 bridgehead atoms. The molecule has 0 radical (unpaired) electrons. The summed E-state index contributed by atoms with van der Waals surface area (Å²) in [6.07, 6.45) is 6.02. The number of ether oxygens (including phenoxy) is 1. The molecular formula is C12H16N2O4. The lowest BCUT2D eigenvalue weighted by Crippen LogP contribution is -2.61. The summed E-state index contributed by atoms with van der Waals surface area (Å²) in [6, 6.07) is 0. The second-order valence-corrected chi connectivity index (χ2v) is 4.10. The Hall–Kier alpha value is -1.95. The van der Waals surface area contributed by atoms with E-state index < -0.39 is 23.5 Å². The molecule has 3 N–H and O–H groups in total. The molecule has 0 fully saturated rings. The molecule has 2 atom stereocenters. The summed E-state index contributed by atoms with van der Waals surface area (Å²) in [5, 5.41) is 2.47. The molecule has 18 heavy (non-hydrogen) atoms. The van der Waals surface area contributed by atoms with Crippen LogP contribution in [0.4, 0.5) is 0 Å². The van der Waals surface area contributed by atoms with Gasteiger partial charge in [-0.1, -0.05) is 18.2 Å². The summed E-state index contributed by atoms with van der Waals surface area (Å²) >= 11 is 0. The van der Waals surface area contributed by atoms with Gasteiger partial charge in [0.05, 0.1) is 13.5 Å². The minimum Gasteiger partial charge on any atom is -0.468 e. The third-order valence-corrected chi connectivity index (χ3v) is 2.52. The maximum atomic E-state index is 11.6. The van der Waals surface area contributed by atoms with Crippen molar-refractivity contribution in [2.24, 2.45) is 11.7 Å². The lowest BCUT2D eigenvalue weighted by Gasteiger charge is -2.33. The second kappa shape index (κ2) is 5.59. The van der Waals surface area contributed by atoms with Gasteiger partial charge in [-0.15, -0.1) is 0 Å². The molecule has 1 amide bonds. The number of hydrogen-bond acceptors (Lipinski definition) is 5. The molecule has 0 aliphatic heterocycles. The number of ketones is 1. The van der Waals surface area contributed by atoms with Gasteiger partial charge in [-0.3, -0.25) is 14.4 Å². The first kappa shape index (κ1) is 14.1. The van der Waals surface area contributed by atoms with Crippen molar-refractivity contribution in [3.05, 3.63) is 24.3 Å². The SMILES string of the molecule is COC(=O)C1C=CC=CC1(N)NC(=O)CC(C)=O. The van der Waals surface area contributed by atoms with E-state index in [2.05, 4.69) is 10.1 Å². The zero-order chi connectivity index (χ0) is 13.8. The van der Waals surface area contributed by atoms with Crippen molar-refractivity contribution in [2.45, 2.75) is 19.0 Å². The van der Waals surface area contributed by atoms with Crippen LogP contribution in [0.25, 0.3) is 0 Å². The molecule has 0 aromatic rings. The van der Waals surface area contributed by atoms with Crippen molar-refractivity contribution in [2.75, 3.05) is 7.11 Å². The third kappa shape index (κ3) is 3.27. The highest BCUT2D eigenvalue weighted by atomic mass is 16.5. The predicted molar refractivity (Wildman–Crippen MR) is 64.1 cm³/mol. The molecule has 0 aromatic carbocycles. The summed E-state index contributed by atoms with van der Waals surface area (Å²) in [6.45, 7) is 1.30. The lowest BCUT2D eigenvalue weighted by molar-refractivity contribution is -0.146. The number of carbonyl (C=O) groups excluding carboxylic acids is 3. The molecule has 6 heteroatoms. The maximum absolute atomic E-state index is 11.6. The zero-order valence-corrected chi connectivity index (χ0v) is 10.3. The molecule has 0 heterocycles. The van der Waals surface area contributed by atoms with Gasteiger partial charge in [-0.25, -0.2) is 0 Å². The standard InChI is InChI=1S/C12H16N2O4/c1-8(15)7-10(16)14-12(13)6-4-3-5-9(12)11(17)18-2/h3-6,9H,7,13H2,1-2H3,(H,14,16). The molecule has 0 aromatic heterocycles. The van der Waals surface area contributed by atoms with Crippen molar-refractivity contribution < 1.29 is 19.1 Å². The monoisotopic (exact) mass is 252 g/mol. The van der Waals surface area contributed by atoms with Crippen LogP contribution in [0.1, 0.15) is 13.3 Å². The molecule has 1 rings (SSSR count). The Morgan fingerprint density at radius 2 is 2.06 bits per heavy atom. The molecule has 98 valence electrons. The molecule has 0 saturated heterocycles. The van der Waals surface area contributed by atoms with E-state index >= 15 is 0 Å². The number of allylic oxidation sites excluding steroid dienone is 2. The minimum absolute atomic E-state index is 0.273. The van der Waals surface area contributed by atoms with Crippen LogP contribution in [0.15, 0.2) is 24.3 Å². The summed E-state index contributed by atoms with van der Waals surface area (Å²) < 4.78 is 4.63. The summed E-state index contributed by atoms with van der Waals surface area (Å²) in [5.41, 5.74) is 4.61. The largest absolute Gasteiger partial charge is 0.468 e. The highest BCUT2D eigenvalue weighted by Crippen LogP contribution is 2.21. The number of hydrogen-bond donors (Lipinski definition) is 2. The van der Waals surface area contributed by atoms with Crippen LogP contribution < -0.4 is 11.1 Å². The van der Waals surface area contributed by atoms with Crippen molar-refractivity contribution in [3.63, 3.8) is 0 Å². The third-order valence-electron chi connectivity index (χ3n) is 2.52. The van der Waals surface area contributed by atoms with Gasteiger partial charge in [0.15, 0.2) is 0 Å². The Labute approximate surface area is 105 Å². The van der Waals surface area contributed by atoms with Crippen LogP contribution in [0, 0.1) is 5.92 Å². The number of amides is 1. The number of nitrogens with one attached hydrogen (secondary N) is 1. The summed E-state index contributed by atoms with van der Waals surface area (Å²) in [4.78, 5) is 34.0. The Kier molecular flexibility index (Phi) is 4.38. The Balaban J connectivity index is 2.84. The number of rotatable bonds is 4. The quantitative estimate of drug-likeness (QED) is 0.405. The Bertz CT molecular complexity index is 428. The average Bonchev–Trinajstić information content (AvgIpc) is 2.26. The van der Waals surface area contributed by atoms with Crippen molar-refractivity contribution in [1.82, 2.24) is 5.32 Å². The van der Waals surface area contributed by atoms with E-state index in [4.69, 9.17) is 5.73 Å². The highest BCUT2D eigenvalue weighted by Gasteiger charge is 2.39. The van der Waals surface area contributed by atoms with Crippen LogP contribution in [-0.2, 0) is 19.1 Å². The molecule has 1 aliphatic carbocycles. The summed E-state index contributed by atoms with van der Waals surface area (Å²) in [7, 11) is 1.24. The summed E-state index contributed by atoms with van der Waals surface area (Å²) in [5.74, 6) is -2.18. The van der Waals surface area contributed by atoms with E-state index in [-0.39, 0.29) is 12.2 Å². The molecule has 0 saturated carbocycles. The molecule has 1 aliphatic rings. The van der Waals surface area contributed by atoms with Gasteiger partial charge >= 0.3 is 5.97 Å². The van der Waals surface area contributed by atoms with Crippen molar-refractivity contribution >= 4 is 17.7 Å². The van der Waals surface area contributed by atoms with Crippen LogP contribution in [0.5, 0.6) is 0 Å². The van der Waals surface area contributed by atoms with Gasteiger partial charge in [0.1, 0.15) is 17.4 Å². The second-order valence-electron chi connectivity index (χ2n) is 4.10. The first-order valence-electron chi connectivity index (χ1n) is 5.42. The first-order chi connectivity index (χ1) is 8.39. The molecule has 0 spiro atoms. The number of esters is 1. The number of nitrogens with two attached hydrogens (primary N) is 1. The smallest absolute Gasteiger partial charge is 0.316 e. The molecule has 6 nitrogen and oxygen atoms in total. The first-order valence-corrected chi connectivity index (χ1v) is 5.42.